The molecule has 0 aliphatic heterocycles. The highest BCUT2D eigenvalue weighted by Gasteiger charge is 2.05. The summed E-state index contributed by atoms with van der Waals surface area (Å²) in [5, 5.41) is 12.0. The van der Waals surface area contributed by atoms with Crippen molar-refractivity contribution in [3.05, 3.63) is 11.9 Å². The highest BCUT2D eigenvalue weighted by atomic mass is 16.3. The van der Waals surface area contributed by atoms with Crippen molar-refractivity contribution in [1.82, 2.24) is 9.97 Å². The smallest absolute Gasteiger partial charge is 0.145 e. The molecule has 0 saturated heterocycles. The number of nitrogens with two attached hydrogens (primary N) is 1. The molecule has 6 heteroatoms. The van der Waals surface area contributed by atoms with Crippen LogP contribution < -0.4 is 16.6 Å². The maximum atomic E-state index is 8.81. The van der Waals surface area contributed by atoms with Crippen LogP contribution in [0.5, 0.6) is 0 Å². The van der Waals surface area contributed by atoms with E-state index in [1.165, 1.54) is 0 Å². The molecule has 6 nitrogen and oxygen atoms in total. The van der Waals surface area contributed by atoms with Gasteiger partial charge in [0.25, 0.3) is 0 Å². The maximum absolute atomic E-state index is 8.81. The summed E-state index contributed by atoms with van der Waals surface area (Å²) < 4.78 is 0. The quantitative estimate of drug-likeness (QED) is 0.416. The molecule has 1 aromatic heterocycles. The van der Waals surface area contributed by atoms with Crippen LogP contribution >= 0.6 is 0 Å². The molecule has 5 N–H and O–H groups in total. The Morgan fingerprint density at radius 1 is 1.44 bits per heavy atom. The minimum atomic E-state index is 0.155. The van der Waals surface area contributed by atoms with E-state index >= 15 is 0 Å². The molecule has 90 valence electrons. The van der Waals surface area contributed by atoms with E-state index in [1.807, 2.05) is 13.8 Å². The first-order chi connectivity index (χ1) is 7.69. The number of nitrogen functional groups attached to an aromatic ring is 1. The number of hydrogen-bond donors (Lipinski definition) is 4. The van der Waals surface area contributed by atoms with Gasteiger partial charge in [-0.25, -0.2) is 15.8 Å². The van der Waals surface area contributed by atoms with Crippen LogP contribution in [0.1, 0.15) is 26.1 Å². The second-order valence-electron chi connectivity index (χ2n) is 3.61. The summed E-state index contributed by atoms with van der Waals surface area (Å²) >= 11 is 0. The summed E-state index contributed by atoms with van der Waals surface area (Å²) in [7, 11) is 0. The molecule has 1 rings (SSSR count). The fraction of sp³-hybridized carbons (Fsp3) is 0.600. The number of hydrogen-bond acceptors (Lipinski definition) is 6. The predicted molar refractivity (Wildman–Crippen MR) is 64.0 cm³/mol. The van der Waals surface area contributed by atoms with Gasteiger partial charge >= 0.3 is 0 Å². The third-order valence-electron chi connectivity index (χ3n) is 2.19. The molecule has 0 aliphatic rings. The van der Waals surface area contributed by atoms with E-state index in [4.69, 9.17) is 10.9 Å². The van der Waals surface area contributed by atoms with Gasteiger partial charge in [-0.15, -0.1) is 0 Å². The van der Waals surface area contributed by atoms with Gasteiger partial charge in [-0.1, -0.05) is 6.92 Å². The molecule has 0 aromatic carbocycles. The Bertz CT molecular complexity index is 309. The fourth-order valence-corrected chi connectivity index (χ4v) is 1.32. The van der Waals surface area contributed by atoms with Crippen molar-refractivity contribution in [2.24, 2.45) is 5.84 Å². The monoisotopic (exact) mass is 225 g/mol. The molecule has 0 spiro atoms. The van der Waals surface area contributed by atoms with Gasteiger partial charge in [0.2, 0.25) is 0 Å². The zero-order chi connectivity index (χ0) is 12.0. The number of anilines is 2. The van der Waals surface area contributed by atoms with E-state index in [0.29, 0.717) is 12.2 Å². The second-order valence-corrected chi connectivity index (χ2v) is 3.61. The molecule has 1 aromatic rings. The lowest BCUT2D eigenvalue weighted by Crippen LogP contribution is -2.19. The van der Waals surface area contributed by atoms with Gasteiger partial charge in [0.15, 0.2) is 0 Å². The van der Waals surface area contributed by atoms with E-state index < -0.39 is 0 Å². The lowest BCUT2D eigenvalue weighted by molar-refractivity contribution is 0.282. The molecule has 1 atom stereocenters. The molecule has 0 fully saturated rings. The minimum absolute atomic E-state index is 0.155. The number of aryl methyl sites for hydroxylation is 1. The summed E-state index contributed by atoms with van der Waals surface area (Å²) in [6.07, 6.45) is 1.43. The molecule has 0 saturated carbocycles. The van der Waals surface area contributed by atoms with Gasteiger partial charge in [-0.05, 0) is 13.3 Å². The summed E-state index contributed by atoms with van der Waals surface area (Å²) in [6, 6.07) is 1.91. The van der Waals surface area contributed by atoms with Gasteiger partial charge in [-0.3, -0.25) is 0 Å². The SMILES string of the molecule is CCc1nc(NN)cc(NC(C)CCO)n1. The van der Waals surface area contributed by atoms with Gasteiger partial charge in [-0.2, -0.15) is 0 Å². The first-order valence-electron chi connectivity index (χ1n) is 5.41. The predicted octanol–water partition coefficient (Wildman–Crippen LogP) is 0.507. The van der Waals surface area contributed by atoms with Crippen LogP contribution in [0.25, 0.3) is 0 Å². The summed E-state index contributed by atoms with van der Waals surface area (Å²) in [5.74, 6) is 7.37. The van der Waals surface area contributed by atoms with Gasteiger partial charge in [0.05, 0.1) is 0 Å². The molecule has 1 heterocycles. The van der Waals surface area contributed by atoms with Crippen LogP contribution in [-0.2, 0) is 6.42 Å². The Hall–Kier alpha value is -1.40. The average molecular weight is 225 g/mol. The third-order valence-corrected chi connectivity index (χ3v) is 2.19. The zero-order valence-corrected chi connectivity index (χ0v) is 9.70. The largest absolute Gasteiger partial charge is 0.396 e. The van der Waals surface area contributed by atoms with Gasteiger partial charge < -0.3 is 15.8 Å². The normalized spacial score (nSPS) is 12.2. The van der Waals surface area contributed by atoms with Crippen molar-refractivity contribution in [1.29, 1.82) is 0 Å². The number of nitrogens with zero attached hydrogens (tertiary/aromatic N) is 2. The molecule has 0 amide bonds. The van der Waals surface area contributed by atoms with Crippen LogP contribution in [0, 0.1) is 0 Å². The van der Waals surface area contributed by atoms with Crippen molar-refractivity contribution in [3.63, 3.8) is 0 Å². The number of aliphatic hydroxyl groups excluding tert-OH is 1. The van der Waals surface area contributed by atoms with E-state index in [1.54, 1.807) is 6.07 Å². The number of aliphatic hydroxyl groups is 1. The maximum Gasteiger partial charge on any atom is 0.145 e. The van der Waals surface area contributed by atoms with Gasteiger partial charge in [0.1, 0.15) is 17.5 Å². The molecular weight excluding hydrogens is 206 g/mol. The van der Waals surface area contributed by atoms with E-state index in [0.717, 1.165) is 18.1 Å². The van der Waals surface area contributed by atoms with Crippen LogP contribution in [0.4, 0.5) is 11.6 Å². The van der Waals surface area contributed by atoms with Crippen LogP contribution in [0.15, 0.2) is 6.07 Å². The lowest BCUT2D eigenvalue weighted by atomic mass is 10.2. The average Bonchev–Trinajstić information content (AvgIpc) is 2.28. The Morgan fingerprint density at radius 2 is 2.12 bits per heavy atom. The van der Waals surface area contributed by atoms with E-state index in [2.05, 4.69) is 20.7 Å². The van der Waals surface area contributed by atoms with E-state index in [9.17, 15) is 0 Å². The molecule has 0 radical (unpaired) electrons. The minimum Gasteiger partial charge on any atom is -0.396 e. The molecule has 0 bridgehead atoms. The second kappa shape index (κ2) is 6.24. The molecular formula is C10H19N5O. The topological polar surface area (TPSA) is 96.1 Å². The zero-order valence-electron chi connectivity index (χ0n) is 9.70. The van der Waals surface area contributed by atoms with Crippen molar-refractivity contribution in [3.8, 4) is 0 Å². The van der Waals surface area contributed by atoms with Crippen LogP contribution in [0.3, 0.4) is 0 Å². The standard InChI is InChI=1S/C10H19N5O/c1-3-8-13-9(6-10(14-8)15-11)12-7(2)4-5-16/h6-7,16H,3-5,11H2,1-2H3,(H2,12,13,14,15). The summed E-state index contributed by atoms with van der Waals surface area (Å²) in [5.41, 5.74) is 2.51. The van der Waals surface area contributed by atoms with Crippen molar-refractivity contribution in [2.45, 2.75) is 32.7 Å². The van der Waals surface area contributed by atoms with Crippen molar-refractivity contribution in [2.75, 3.05) is 17.3 Å². The van der Waals surface area contributed by atoms with Crippen LogP contribution in [-0.4, -0.2) is 27.7 Å². The van der Waals surface area contributed by atoms with E-state index in [-0.39, 0.29) is 12.6 Å². The summed E-state index contributed by atoms with van der Waals surface area (Å²) in [4.78, 5) is 8.51. The van der Waals surface area contributed by atoms with Crippen LogP contribution in [0.2, 0.25) is 0 Å². The van der Waals surface area contributed by atoms with Crippen molar-refractivity contribution < 1.29 is 5.11 Å². The number of nitrogens with one attached hydrogen (secondary N) is 2. The fourth-order valence-electron chi connectivity index (χ4n) is 1.32. The van der Waals surface area contributed by atoms with Crippen molar-refractivity contribution >= 4 is 11.6 Å². The first-order valence-corrected chi connectivity index (χ1v) is 5.41. The lowest BCUT2D eigenvalue weighted by Gasteiger charge is -2.14. The molecule has 1 unspecified atom stereocenters. The number of aromatic nitrogens is 2. The first kappa shape index (κ1) is 12.7. The summed E-state index contributed by atoms with van der Waals surface area (Å²) in [6.45, 7) is 4.12. The molecule has 0 aliphatic carbocycles. The highest BCUT2D eigenvalue weighted by molar-refractivity contribution is 5.47. The number of rotatable bonds is 6. The number of hydrazine groups is 1. The van der Waals surface area contributed by atoms with Gasteiger partial charge in [0, 0.05) is 25.1 Å². The molecule has 16 heavy (non-hydrogen) atoms. The highest BCUT2D eigenvalue weighted by Crippen LogP contribution is 2.12. The Labute approximate surface area is 95.3 Å². The third kappa shape index (κ3) is 3.63. The Kier molecular flexibility index (Phi) is 4.94. The Balaban J connectivity index is 2.78. The Morgan fingerprint density at radius 3 is 2.69 bits per heavy atom.